The topological polar surface area (TPSA) is 70.0 Å². The third-order valence-electron chi connectivity index (χ3n) is 3.45. The summed E-state index contributed by atoms with van der Waals surface area (Å²) in [6.45, 7) is 4.24. The second-order valence-corrected chi connectivity index (χ2v) is 4.97. The molecular formula is C14H19NO4. The van der Waals surface area contributed by atoms with Gasteiger partial charge in [0.05, 0.1) is 12.2 Å². The molecule has 19 heavy (non-hydrogen) atoms. The first kappa shape index (κ1) is 13.8. The Kier molecular flexibility index (Phi) is 4.07. The number of carbonyl (C=O) groups excluding carboxylic acids is 1. The summed E-state index contributed by atoms with van der Waals surface area (Å²) >= 11 is 0. The molecular weight excluding hydrogens is 246 g/mol. The van der Waals surface area contributed by atoms with Crippen LogP contribution in [-0.4, -0.2) is 52.9 Å². The molecule has 0 unspecified atom stereocenters. The molecule has 1 amide bonds. The summed E-state index contributed by atoms with van der Waals surface area (Å²) in [4.78, 5) is 13.3. The van der Waals surface area contributed by atoms with Crippen molar-refractivity contribution in [2.75, 3.05) is 19.7 Å². The lowest BCUT2D eigenvalue weighted by atomic mass is 10.1. The molecule has 0 bridgehead atoms. The number of nitrogens with zero attached hydrogens (tertiary/aromatic N) is 1. The van der Waals surface area contributed by atoms with Crippen molar-refractivity contribution in [1.82, 2.24) is 4.90 Å². The number of ether oxygens (including phenoxy) is 1. The van der Waals surface area contributed by atoms with Gasteiger partial charge in [-0.15, -0.1) is 0 Å². The first-order valence-corrected chi connectivity index (χ1v) is 6.31. The number of amides is 1. The lowest BCUT2D eigenvalue weighted by Crippen LogP contribution is -2.33. The van der Waals surface area contributed by atoms with E-state index in [0.717, 1.165) is 5.56 Å². The van der Waals surface area contributed by atoms with E-state index in [1.165, 1.54) is 10.5 Å². The highest BCUT2D eigenvalue weighted by atomic mass is 16.5. The maximum Gasteiger partial charge on any atom is 0.260 e. The van der Waals surface area contributed by atoms with Gasteiger partial charge in [-0.25, -0.2) is 0 Å². The summed E-state index contributed by atoms with van der Waals surface area (Å²) in [6.07, 6.45) is -1.71. The van der Waals surface area contributed by atoms with Crippen molar-refractivity contribution in [1.29, 1.82) is 0 Å². The van der Waals surface area contributed by atoms with E-state index in [1.54, 1.807) is 0 Å². The molecule has 2 rings (SSSR count). The van der Waals surface area contributed by atoms with E-state index in [4.69, 9.17) is 4.74 Å². The standard InChI is InChI=1S/C14H19NO4/c1-9-3-4-11(5-10(9)2)19-8-14(18)15-6-12(16)13(17)7-15/h3-5,12-13,16-17H,6-8H2,1-2H3/t12-,13+. The SMILES string of the molecule is Cc1ccc(OCC(=O)N2C[C@@H](O)[C@@H](O)C2)cc1C. The van der Waals surface area contributed by atoms with Gasteiger partial charge < -0.3 is 19.8 Å². The highest BCUT2D eigenvalue weighted by molar-refractivity contribution is 5.78. The molecule has 1 heterocycles. The first-order valence-electron chi connectivity index (χ1n) is 6.31. The molecule has 0 radical (unpaired) electrons. The van der Waals surface area contributed by atoms with Gasteiger partial charge in [0, 0.05) is 13.1 Å². The minimum absolute atomic E-state index is 0.0814. The van der Waals surface area contributed by atoms with Crippen LogP contribution in [0.25, 0.3) is 0 Å². The summed E-state index contributed by atoms with van der Waals surface area (Å²) in [7, 11) is 0. The number of hydrogen-bond donors (Lipinski definition) is 2. The second-order valence-electron chi connectivity index (χ2n) is 4.97. The number of rotatable bonds is 3. The number of aliphatic hydroxyl groups is 2. The Hall–Kier alpha value is -1.59. The van der Waals surface area contributed by atoms with Crippen molar-refractivity contribution in [3.05, 3.63) is 29.3 Å². The fourth-order valence-electron chi connectivity index (χ4n) is 2.01. The summed E-state index contributed by atoms with van der Waals surface area (Å²) in [5.41, 5.74) is 2.28. The maximum atomic E-state index is 11.8. The van der Waals surface area contributed by atoms with Gasteiger partial charge >= 0.3 is 0 Å². The van der Waals surface area contributed by atoms with Crippen LogP contribution in [0.15, 0.2) is 18.2 Å². The Bertz CT molecular complexity index is 465. The molecule has 104 valence electrons. The summed E-state index contributed by atoms with van der Waals surface area (Å²) in [5.74, 6) is 0.422. The van der Waals surface area contributed by atoms with Crippen LogP contribution in [0.4, 0.5) is 0 Å². The highest BCUT2D eigenvalue weighted by Gasteiger charge is 2.32. The third-order valence-corrected chi connectivity index (χ3v) is 3.45. The van der Waals surface area contributed by atoms with Gasteiger partial charge in [-0.3, -0.25) is 4.79 Å². The Morgan fingerprint density at radius 1 is 1.26 bits per heavy atom. The lowest BCUT2D eigenvalue weighted by Gasteiger charge is -2.16. The van der Waals surface area contributed by atoms with E-state index >= 15 is 0 Å². The highest BCUT2D eigenvalue weighted by Crippen LogP contribution is 2.17. The third kappa shape index (κ3) is 3.24. The van der Waals surface area contributed by atoms with Crippen molar-refractivity contribution in [2.45, 2.75) is 26.1 Å². The Morgan fingerprint density at radius 3 is 2.47 bits per heavy atom. The van der Waals surface area contributed by atoms with Crippen LogP contribution in [0.1, 0.15) is 11.1 Å². The predicted octanol–water partition coefficient (Wildman–Crippen LogP) is 0.246. The van der Waals surface area contributed by atoms with Gasteiger partial charge in [0.15, 0.2) is 6.61 Å². The van der Waals surface area contributed by atoms with Gasteiger partial charge in [-0.05, 0) is 37.1 Å². The van der Waals surface area contributed by atoms with Crippen LogP contribution in [0, 0.1) is 13.8 Å². The maximum absolute atomic E-state index is 11.8. The predicted molar refractivity (Wildman–Crippen MR) is 70.0 cm³/mol. The molecule has 1 aliphatic rings. The van der Waals surface area contributed by atoms with Crippen LogP contribution in [-0.2, 0) is 4.79 Å². The normalized spacial score (nSPS) is 22.6. The fraction of sp³-hybridized carbons (Fsp3) is 0.500. The zero-order chi connectivity index (χ0) is 14.0. The Morgan fingerprint density at radius 2 is 1.89 bits per heavy atom. The molecule has 1 fully saturated rings. The molecule has 2 atom stereocenters. The number of benzene rings is 1. The van der Waals surface area contributed by atoms with E-state index in [9.17, 15) is 15.0 Å². The van der Waals surface area contributed by atoms with Crippen LogP contribution in [0.3, 0.4) is 0 Å². The van der Waals surface area contributed by atoms with Crippen molar-refractivity contribution < 1.29 is 19.7 Å². The molecule has 1 aliphatic heterocycles. The lowest BCUT2D eigenvalue weighted by molar-refractivity contribution is -0.132. The molecule has 5 heteroatoms. The van der Waals surface area contributed by atoms with E-state index in [2.05, 4.69) is 0 Å². The monoisotopic (exact) mass is 265 g/mol. The van der Waals surface area contributed by atoms with Crippen molar-refractivity contribution in [3.8, 4) is 5.75 Å². The number of aliphatic hydroxyl groups excluding tert-OH is 2. The van der Waals surface area contributed by atoms with Gasteiger partial charge in [0.1, 0.15) is 5.75 Å². The molecule has 5 nitrogen and oxygen atoms in total. The Balaban J connectivity index is 1.88. The van der Waals surface area contributed by atoms with Gasteiger partial charge in [0.25, 0.3) is 5.91 Å². The van der Waals surface area contributed by atoms with E-state index in [1.807, 2.05) is 32.0 Å². The average Bonchev–Trinajstić information content (AvgIpc) is 2.71. The molecule has 0 saturated carbocycles. The summed E-state index contributed by atoms with van der Waals surface area (Å²) in [6, 6.07) is 5.65. The van der Waals surface area contributed by atoms with Crippen LogP contribution in [0.2, 0.25) is 0 Å². The molecule has 1 aromatic carbocycles. The Labute approximate surface area is 112 Å². The second kappa shape index (κ2) is 5.59. The van der Waals surface area contributed by atoms with Crippen LogP contribution >= 0.6 is 0 Å². The zero-order valence-electron chi connectivity index (χ0n) is 11.2. The summed E-state index contributed by atoms with van der Waals surface area (Å²) < 4.78 is 5.43. The molecule has 0 spiro atoms. The molecule has 0 aromatic heterocycles. The van der Waals surface area contributed by atoms with Gasteiger partial charge in [0.2, 0.25) is 0 Å². The number of aryl methyl sites for hydroxylation is 2. The average molecular weight is 265 g/mol. The molecule has 0 aliphatic carbocycles. The van der Waals surface area contributed by atoms with Gasteiger partial charge in [-0.1, -0.05) is 6.07 Å². The number of β-amino-alcohol motifs (C(OH)–C–C–N with tert-alkyl or cyclic N) is 2. The molecule has 1 aromatic rings. The number of carbonyl (C=O) groups is 1. The fourth-order valence-corrected chi connectivity index (χ4v) is 2.01. The smallest absolute Gasteiger partial charge is 0.260 e. The molecule has 2 N–H and O–H groups in total. The van der Waals surface area contributed by atoms with E-state index < -0.39 is 12.2 Å². The van der Waals surface area contributed by atoms with E-state index in [-0.39, 0.29) is 25.6 Å². The molecule has 1 saturated heterocycles. The quantitative estimate of drug-likeness (QED) is 0.821. The van der Waals surface area contributed by atoms with Crippen molar-refractivity contribution >= 4 is 5.91 Å². The largest absolute Gasteiger partial charge is 0.484 e. The first-order chi connectivity index (χ1) is 8.97. The van der Waals surface area contributed by atoms with Crippen LogP contribution < -0.4 is 4.74 Å². The van der Waals surface area contributed by atoms with Gasteiger partial charge in [-0.2, -0.15) is 0 Å². The van der Waals surface area contributed by atoms with Crippen molar-refractivity contribution in [3.63, 3.8) is 0 Å². The minimum Gasteiger partial charge on any atom is -0.484 e. The van der Waals surface area contributed by atoms with Crippen molar-refractivity contribution in [2.24, 2.45) is 0 Å². The summed E-state index contributed by atoms with van der Waals surface area (Å²) in [5, 5.41) is 18.8. The zero-order valence-corrected chi connectivity index (χ0v) is 11.2. The minimum atomic E-state index is -0.856. The number of likely N-dealkylation sites (tertiary alicyclic amines) is 1. The van der Waals surface area contributed by atoms with E-state index in [0.29, 0.717) is 5.75 Å². The van der Waals surface area contributed by atoms with Crippen LogP contribution in [0.5, 0.6) is 5.75 Å². The number of hydrogen-bond acceptors (Lipinski definition) is 4.